The van der Waals surface area contributed by atoms with E-state index in [0.717, 1.165) is 0 Å². The Hall–Kier alpha value is -0.210. The largest absolute Gasteiger partial charge is 0.432 e. The van der Waals surface area contributed by atoms with Gasteiger partial charge in [-0.1, -0.05) is 15.9 Å². The van der Waals surface area contributed by atoms with Crippen LogP contribution in [0.25, 0.3) is 0 Å². The molecule has 14 heavy (non-hydrogen) atoms. The molecule has 7 heteroatoms. The molecule has 0 amide bonds. The van der Waals surface area contributed by atoms with Gasteiger partial charge < -0.3 is 24.8 Å². The highest BCUT2D eigenvalue weighted by molar-refractivity contribution is 9.09. The number of rotatable bonds is 2. The first-order chi connectivity index (χ1) is 6.56. The van der Waals surface area contributed by atoms with E-state index in [1.807, 2.05) is 0 Å². The number of carbonyl (C=O) groups is 1. The van der Waals surface area contributed by atoms with Gasteiger partial charge in [-0.2, -0.15) is 0 Å². The molecule has 0 aliphatic carbocycles. The zero-order chi connectivity index (χ0) is 10.7. The molecule has 0 bridgehead atoms. The monoisotopic (exact) mass is 270 g/mol. The summed E-state index contributed by atoms with van der Waals surface area (Å²) in [5, 5.41) is 27.6. The van der Waals surface area contributed by atoms with Crippen molar-refractivity contribution in [1.82, 2.24) is 0 Å². The van der Waals surface area contributed by atoms with E-state index < -0.39 is 30.6 Å². The van der Waals surface area contributed by atoms with Crippen molar-refractivity contribution in [2.24, 2.45) is 0 Å². The number of carbonyl (C=O) groups excluding carboxylic acids is 1. The van der Waals surface area contributed by atoms with E-state index in [4.69, 9.17) is 9.84 Å². The van der Waals surface area contributed by atoms with Gasteiger partial charge >= 0.3 is 5.97 Å². The third kappa shape index (κ3) is 2.64. The van der Waals surface area contributed by atoms with E-state index >= 15 is 0 Å². The molecule has 0 aromatic carbocycles. The van der Waals surface area contributed by atoms with Crippen molar-refractivity contribution in [2.75, 3.05) is 11.9 Å². The Balaban J connectivity index is 2.50. The highest BCUT2D eigenvalue weighted by atomic mass is 79.9. The Morgan fingerprint density at radius 3 is 2.64 bits per heavy atom. The van der Waals surface area contributed by atoms with Crippen LogP contribution in [0.3, 0.4) is 0 Å². The van der Waals surface area contributed by atoms with Crippen LogP contribution < -0.4 is 0 Å². The molecular weight excluding hydrogens is 260 g/mol. The molecule has 1 aliphatic heterocycles. The third-order valence-corrected chi connectivity index (χ3v) is 2.27. The van der Waals surface area contributed by atoms with E-state index in [0.29, 0.717) is 0 Å². The minimum atomic E-state index is -1.43. The lowest BCUT2D eigenvalue weighted by atomic mass is 10.1. The molecule has 0 radical (unpaired) electrons. The maximum atomic E-state index is 10.8. The quantitative estimate of drug-likeness (QED) is 0.412. The van der Waals surface area contributed by atoms with Gasteiger partial charge in [-0.05, 0) is 0 Å². The van der Waals surface area contributed by atoms with Crippen molar-refractivity contribution >= 4 is 21.9 Å². The lowest BCUT2D eigenvalue weighted by Crippen LogP contribution is -2.54. The highest BCUT2D eigenvalue weighted by Gasteiger charge is 2.39. The van der Waals surface area contributed by atoms with Crippen LogP contribution in [0.4, 0.5) is 0 Å². The van der Waals surface area contributed by atoms with Crippen LogP contribution in [0.5, 0.6) is 0 Å². The fourth-order valence-electron chi connectivity index (χ4n) is 1.04. The minimum Gasteiger partial charge on any atom is -0.432 e. The van der Waals surface area contributed by atoms with Crippen molar-refractivity contribution in [1.29, 1.82) is 0 Å². The summed E-state index contributed by atoms with van der Waals surface area (Å²) in [5.74, 6) is -0.613. The van der Waals surface area contributed by atoms with Crippen LogP contribution in [0.1, 0.15) is 0 Å². The van der Waals surface area contributed by atoms with Crippen molar-refractivity contribution < 1.29 is 29.6 Å². The zero-order valence-corrected chi connectivity index (χ0v) is 8.75. The maximum Gasteiger partial charge on any atom is 0.318 e. The Kier molecular flexibility index (Phi) is 4.27. The van der Waals surface area contributed by atoms with E-state index in [2.05, 4.69) is 20.7 Å². The van der Waals surface area contributed by atoms with Crippen LogP contribution >= 0.6 is 15.9 Å². The summed E-state index contributed by atoms with van der Waals surface area (Å²) < 4.78 is 9.46. The molecule has 0 spiro atoms. The lowest BCUT2D eigenvalue weighted by Gasteiger charge is -2.34. The number of aliphatic hydroxyl groups excluding tert-OH is 3. The number of ether oxygens (including phenoxy) is 2. The standard InChI is InChI=1S/C7H11BrO6/c8-1-4(10)14-7-6(12)5(11)3(9)2-13-7/h3,5-7,9,11-12H,1-2H2/t3-,5+,6-,7?/m1/s1. The smallest absolute Gasteiger partial charge is 0.318 e. The first-order valence-electron chi connectivity index (χ1n) is 3.97. The molecule has 82 valence electrons. The van der Waals surface area contributed by atoms with Gasteiger partial charge in [0, 0.05) is 0 Å². The van der Waals surface area contributed by atoms with E-state index in [1.165, 1.54) is 0 Å². The third-order valence-electron chi connectivity index (χ3n) is 1.81. The summed E-state index contributed by atoms with van der Waals surface area (Å²) >= 11 is 2.86. The fraction of sp³-hybridized carbons (Fsp3) is 0.857. The predicted molar refractivity (Wildman–Crippen MR) is 47.6 cm³/mol. The first-order valence-corrected chi connectivity index (χ1v) is 5.09. The Morgan fingerprint density at radius 2 is 2.07 bits per heavy atom. The van der Waals surface area contributed by atoms with Crippen LogP contribution in [0.2, 0.25) is 0 Å². The second-order valence-corrected chi connectivity index (χ2v) is 3.43. The molecule has 1 unspecified atom stereocenters. The van der Waals surface area contributed by atoms with Crippen molar-refractivity contribution in [3.63, 3.8) is 0 Å². The Morgan fingerprint density at radius 1 is 1.43 bits per heavy atom. The number of hydrogen-bond acceptors (Lipinski definition) is 6. The van der Waals surface area contributed by atoms with Gasteiger partial charge in [0.1, 0.15) is 23.6 Å². The van der Waals surface area contributed by atoms with Gasteiger partial charge in [0.25, 0.3) is 0 Å². The number of esters is 1. The van der Waals surface area contributed by atoms with Crippen molar-refractivity contribution in [3.8, 4) is 0 Å². The first kappa shape index (κ1) is 11.9. The maximum absolute atomic E-state index is 10.8. The zero-order valence-electron chi connectivity index (χ0n) is 7.17. The highest BCUT2D eigenvalue weighted by Crippen LogP contribution is 2.16. The topological polar surface area (TPSA) is 96.2 Å². The normalized spacial score (nSPS) is 38.0. The van der Waals surface area contributed by atoms with E-state index in [-0.39, 0.29) is 11.9 Å². The second kappa shape index (κ2) is 5.04. The van der Waals surface area contributed by atoms with Gasteiger partial charge in [0.15, 0.2) is 0 Å². The summed E-state index contributed by atoms with van der Waals surface area (Å²) in [6.07, 6.45) is -5.18. The molecular formula is C7H11BrO6. The summed E-state index contributed by atoms with van der Waals surface area (Å²) in [6.45, 7) is -0.182. The van der Waals surface area contributed by atoms with Gasteiger partial charge in [-0.25, -0.2) is 0 Å². The molecule has 1 fully saturated rings. The number of hydrogen-bond donors (Lipinski definition) is 3. The van der Waals surface area contributed by atoms with Crippen LogP contribution in [0.15, 0.2) is 0 Å². The summed E-state index contributed by atoms with van der Waals surface area (Å²) in [4.78, 5) is 10.8. The number of aliphatic hydroxyl groups is 3. The molecule has 1 heterocycles. The number of alkyl halides is 1. The van der Waals surface area contributed by atoms with Crippen LogP contribution in [-0.4, -0.2) is 57.8 Å². The Labute approximate surface area is 88.6 Å². The predicted octanol–water partition coefficient (Wildman–Crippen LogP) is -1.64. The lowest BCUT2D eigenvalue weighted by molar-refractivity contribution is -0.261. The van der Waals surface area contributed by atoms with Crippen molar-refractivity contribution in [2.45, 2.75) is 24.6 Å². The average molecular weight is 271 g/mol. The van der Waals surface area contributed by atoms with Gasteiger partial charge in [0.2, 0.25) is 6.29 Å². The average Bonchev–Trinajstić information content (AvgIpc) is 2.19. The SMILES string of the molecule is O=C(CBr)OC1OC[C@@H](O)[C@H](O)[C@H]1O. The molecule has 4 atom stereocenters. The number of halogens is 1. The summed E-state index contributed by atoms with van der Waals surface area (Å²) in [7, 11) is 0. The van der Waals surface area contributed by atoms with Gasteiger partial charge in [-0.15, -0.1) is 0 Å². The molecule has 6 nitrogen and oxygen atoms in total. The van der Waals surface area contributed by atoms with Gasteiger partial charge in [0.05, 0.1) is 6.61 Å². The molecule has 0 saturated carbocycles. The summed E-state index contributed by atoms with van der Waals surface area (Å²) in [6, 6.07) is 0. The molecule has 1 saturated heterocycles. The second-order valence-electron chi connectivity index (χ2n) is 2.87. The van der Waals surface area contributed by atoms with Crippen molar-refractivity contribution in [3.05, 3.63) is 0 Å². The molecule has 1 rings (SSSR count). The Bertz CT molecular complexity index is 210. The van der Waals surface area contributed by atoms with E-state index in [1.54, 1.807) is 0 Å². The van der Waals surface area contributed by atoms with Gasteiger partial charge in [-0.3, -0.25) is 4.79 Å². The molecule has 0 aromatic heterocycles. The molecule has 3 N–H and O–H groups in total. The molecule has 0 aromatic rings. The minimum absolute atomic E-state index is 0.0295. The fourth-order valence-corrected chi connectivity index (χ4v) is 1.18. The van der Waals surface area contributed by atoms with Crippen LogP contribution in [0, 0.1) is 0 Å². The molecule has 1 aliphatic rings. The van der Waals surface area contributed by atoms with E-state index in [9.17, 15) is 15.0 Å². The summed E-state index contributed by atoms with van der Waals surface area (Å²) in [5.41, 5.74) is 0. The van der Waals surface area contributed by atoms with Crippen LogP contribution in [-0.2, 0) is 14.3 Å².